The van der Waals surface area contributed by atoms with Crippen molar-refractivity contribution in [2.45, 2.75) is 96.9 Å². The highest BCUT2D eigenvalue weighted by Crippen LogP contribution is 2.25. The van der Waals surface area contributed by atoms with Crippen molar-refractivity contribution in [3.05, 3.63) is 35.9 Å². The first-order chi connectivity index (χ1) is 16.0. The van der Waals surface area contributed by atoms with E-state index in [9.17, 15) is 14.4 Å². The number of carbonyl (C=O) groups is 3. The number of nitrogens with one attached hydrogen (secondary N) is 2. The van der Waals surface area contributed by atoms with Gasteiger partial charge in [-0.25, -0.2) is 4.79 Å². The van der Waals surface area contributed by atoms with Crippen LogP contribution < -0.4 is 10.6 Å². The second kappa shape index (κ2) is 12.5. The van der Waals surface area contributed by atoms with Crippen LogP contribution in [0.2, 0.25) is 0 Å². The Morgan fingerprint density at radius 3 is 2.26 bits per heavy atom. The fourth-order valence-corrected chi connectivity index (χ4v) is 4.16. The first-order valence-corrected chi connectivity index (χ1v) is 12.2. The maximum Gasteiger partial charge on any atom is 0.408 e. The lowest BCUT2D eigenvalue weighted by Crippen LogP contribution is -2.52. The van der Waals surface area contributed by atoms with Crippen molar-refractivity contribution in [2.75, 3.05) is 0 Å². The Labute approximate surface area is 204 Å². The van der Waals surface area contributed by atoms with Gasteiger partial charge in [0, 0.05) is 12.1 Å². The average molecular weight is 470 g/mol. The summed E-state index contributed by atoms with van der Waals surface area (Å²) in [6.45, 7) is 9.14. The molecule has 7 heteroatoms. The molecule has 1 fully saturated rings. The third-order valence-electron chi connectivity index (χ3n) is 5.65. The summed E-state index contributed by atoms with van der Waals surface area (Å²) in [6, 6.07) is 9.56. The van der Waals surface area contributed by atoms with Gasteiger partial charge in [0.1, 0.15) is 17.7 Å². The highest BCUT2D eigenvalue weighted by atomic mass is 16.6. The largest absolute Gasteiger partial charge is 0.444 e. The lowest BCUT2D eigenvalue weighted by molar-refractivity contribution is -0.139. The number of hydrogen-bond donors (Lipinski definition) is 2. The highest BCUT2D eigenvalue weighted by molar-refractivity contribution is 5.93. The monoisotopic (exact) mass is 469 g/mol. The summed E-state index contributed by atoms with van der Waals surface area (Å²) in [7, 11) is 0. The molecule has 2 atom stereocenters. The Morgan fingerprint density at radius 1 is 1.12 bits per heavy atom. The molecule has 2 unspecified atom stereocenters. The number of alkyl carbamates (subject to hydrolysis) is 1. The zero-order chi connectivity index (χ0) is 25.3. The fraction of sp³-hybridized carbons (Fsp3) is 0.593. The highest BCUT2D eigenvalue weighted by Gasteiger charge is 2.36. The molecule has 1 aromatic rings. The molecule has 1 aliphatic carbocycles. The van der Waals surface area contributed by atoms with E-state index in [1.54, 1.807) is 45.0 Å². The number of hydrogen-bond acceptors (Lipinski definition) is 4. The summed E-state index contributed by atoms with van der Waals surface area (Å²) < 4.78 is 5.35. The van der Waals surface area contributed by atoms with Crippen molar-refractivity contribution < 1.29 is 19.1 Å². The van der Waals surface area contributed by atoms with Gasteiger partial charge in [-0.15, -0.1) is 0 Å². The summed E-state index contributed by atoms with van der Waals surface area (Å²) in [4.78, 5) is 40.7. The number of amides is 3. The summed E-state index contributed by atoms with van der Waals surface area (Å²) in [6.07, 6.45) is 10.6. The summed E-state index contributed by atoms with van der Waals surface area (Å²) in [5.74, 6) is -0.741. The average Bonchev–Trinajstić information content (AvgIpc) is 2.76. The van der Waals surface area contributed by atoms with Crippen LogP contribution in [-0.4, -0.2) is 40.5 Å². The third kappa shape index (κ3) is 8.40. The number of benzene rings is 1. The molecule has 2 rings (SSSR count). The second-order valence-corrected chi connectivity index (χ2v) is 10.3. The predicted octanol–water partition coefficient (Wildman–Crippen LogP) is 4.54. The smallest absolute Gasteiger partial charge is 0.408 e. The molecular weight excluding hydrogens is 430 g/mol. The van der Waals surface area contributed by atoms with Crippen LogP contribution in [-0.2, 0) is 14.3 Å². The van der Waals surface area contributed by atoms with Gasteiger partial charge in [-0.05, 0) is 51.5 Å². The second-order valence-electron chi connectivity index (χ2n) is 10.3. The van der Waals surface area contributed by atoms with Crippen LogP contribution in [0.15, 0.2) is 30.3 Å². The molecule has 7 nitrogen and oxygen atoms in total. The number of nitrogens with zero attached hydrogens (tertiary/aromatic N) is 1. The van der Waals surface area contributed by atoms with E-state index in [1.807, 2.05) is 19.9 Å². The maximum absolute atomic E-state index is 13.7. The molecule has 0 heterocycles. The molecule has 3 amide bonds. The number of carbonyl (C=O) groups excluding carboxylic acids is 3. The van der Waals surface area contributed by atoms with Crippen LogP contribution in [0, 0.1) is 18.4 Å². The first kappa shape index (κ1) is 27.2. The molecule has 0 bridgehead atoms. The lowest BCUT2D eigenvalue weighted by atomic mass is 9.94. The number of terminal acetylenes is 1. The molecule has 0 aromatic heterocycles. The Kier molecular flexibility index (Phi) is 9.97. The minimum absolute atomic E-state index is 0.0635. The Bertz CT molecular complexity index is 864. The maximum atomic E-state index is 13.7. The van der Waals surface area contributed by atoms with Crippen LogP contribution in [0.25, 0.3) is 0 Å². The Morgan fingerprint density at radius 2 is 1.74 bits per heavy atom. The normalized spacial score (nSPS) is 16.1. The molecule has 34 heavy (non-hydrogen) atoms. The fourth-order valence-electron chi connectivity index (χ4n) is 4.16. The van der Waals surface area contributed by atoms with Crippen LogP contribution >= 0.6 is 0 Å². The minimum atomic E-state index is -1.00. The van der Waals surface area contributed by atoms with Gasteiger partial charge in [0.2, 0.25) is 5.91 Å². The number of rotatable bonds is 8. The molecule has 0 aliphatic heterocycles. The van der Waals surface area contributed by atoms with Crippen molar-refractivity contribution in [1.82, 2.24) is 15.5 Å². The molecule has 0 spiro atoms. The Hall–Kier alpha value is -3.01. The Balaban J connectivity index is 2.33. The third-order valence-corrected chi connectivity index (χ3v) is 5.65. The SMILES string of the molecule is C#CN(C(=O)C(CC(C)C)NC(=O)OC(C)(C)C)C(C(=O)NC1CCCCC1)c1ccccc1. The van der Waals surface area contributed by atoms with E-state index in [-0.39, 0.29) is 17.9 Å². The minimum Gasteiger partial charge on any atom is -0.444 e. The first-order valence-electron chi connectivity index (χ1n) is 12.2. The van der Waals surface area contributed by atoms with Crippen molar-refractivity contribution in [1.29, 1.82) is 0 Å². The van der Waals surface area contributed by atoms with Gasteiger partial charge in [-0.1, -0.05) is 69.9 Å². The van der Waals surface area contributed by atoms with E-state index in [1.165, 1.54) is 0 Å². The summed E-state index contributed by atoms with van der Waals surface area (Å²) in [5.41, 5.74) is -0.101. The standard InChI is InChI=1S/C27H39N3O4/c1-7-30(25(32)22(18-19(2)3)29-26(33)34-27(4,5)6)23(20-14-10-8-11-15-20)24(31)28-21-16-12-9-13-17-21/h1,8,10-11,14-15,19,21-23H,9,12-13,16-18H2,2-6H3,(H,28,31)(H,29,33). The van der Waals surface area contributed by atoms with Crippen LogP contribution in [0.1, 0.15) is 84.7 Å². The topological polar surface area (TPSA) is 87.7 Å². The summed E-state index contributed by atoms with van der Waals surface area (Å²) in [5, 5.41) is 5.76. The molecule has 186 valence electrons. The van der Waals surface area contributed by atoms with Crippen molar-refractivity contribution in [2.24, 2.45) is 5.92 Å². The van der Waals surface area contributed by atoms with Crippen LogP contribution in [0.3, 0.4) is 0 Å². The van der Waals surface area contributed by atoms with E-state index < -0.39 is 29.7 Å². The molecule has 0 saturated heterocycles. The van der Waals surface area contributed by atoms with Crippen molar-refractivity contribution in [3.63, 3.8) is 0 Å². The van der Waals surface area contributed by atoms with Crippen LogP contribution in [0.5, 0.6) is 0 Å². The van der Waals surface area contributed by atoms with Crippen molar-refractivity contribution in [3.8, 4) is 12.5 Å². The quantitative estimate of drug-likeness (QED) is 0.432. The molecule has 0 radical (unpaired) electrons. The molecule has 1 aromatic carbocycles. The van der Waals surface area contributed by atoms with Crippen LogP contribution in [0.4, 0.5) is 4.79 Å². The zero-order valence-corrected chi connectivity index (χ0v) is 21.1. The lowest BCUT2D eigenvalue weighted by Gasteiger charge is -2.32. The molecular formula is C27H39N3O4. The molecule has 2 N–H and O–H groups in total. The van der Waals surface area contributed by atoms with Gasteiger partial charge in [0.25, 0.3) is 5.91 Å². The van der Waals surface area contributed by atoms with Gasteiger partial charge in [0.05, 0.1) is 0 Å². The molecule has 1 aliphatic rings. The van der Waals surface area contributed by atoms with E-state index in [0.717, 1.165) is 37.0 Å². The van der Waals surface area contributed by atoms with Gasteiger partial charge in [-0.2, -0.15) is 0 Å². The van der Waals surface area contributed by atoms with Crippen molar-refractivity contribution >= 4 is 17.9 Å². The van der Waals surface area contributed by atoms with E-state index in [2.05, 4.69) is 16.7 Å². The van der Waals surface area contributed by atoms with E-state index in [4.69, 9.17) is 11.2 Å². The van der Waals surface area contributed by atoms with E-state index >= 15 is 0 Å². The number of ether oxygens (including phenoxy) is 1. The molecule has 1 saturated carbocycles. The summed E-state index contributed by atoms with van der Waals surface area (Å²) >= 11 is 0. The van der Waals surface area contributed by atoms with Gasteiger partial charge >= 0.3 is 6.09 Å². The van der Waals surface area contributed by atoms with E-state index in [0.29, 0.717) is 12.0 Å². The van der Waals surface area contributed by atoms with Gasteiger partial charge in [0.15, 0.2) is 0 Å². The predicted molar refractivity (Wildman–Crippen MR) is 132 cm³/mol. The van der Waals surface area contributed by atoms with Gasteiger partial charge in [-0.3, -0.25) is 14.5 Å². The van der Waals surface area contributed by atoms with Gasteiger partial charge < -0.3 is 15.4 Å². The zero-order valence-electron chi connectivity index (χ0n) is 21.1.